The molecule has 0 atom stereocenters. The van der Waals surface area contributed by atoms with Gasteiger partial charge in [0, 0.05) is 13.0 Å². The minimum atomic E-state index is -0.269. The Hall–Kier alpha value is -0.120. The van der Waals surface area contributed by atoms with E-state index >= 15 is 0 Å². The summed E-state index contributed by atoms with van der Waals surface area (Å²) < 4.78 is 11.5. The highest BCUT2D eigenvalue weighted by Gasteiger charge is 2.34. The molecule has 2 heterocycles. The van der Waals surface area contributed by atoms with Gasteiger partial charge >= 0.3 is 0 Å². The van der Waals surface area contributed by atoms with Gasteiger partial charge in [0.05, 0.1) is 13.2 Å². The maximum Gasteiger partial charge on any atom is 0.180 e. The summed E-state index contributed by atoms with van der Waals surface area (Å²) in [7, 11) is 0. The van der Waals surface area contributed by atoms with E-state index in [2.05, 4.69) is 5.32 Å². The van der Waals surface area contributed by atoms with Crippen molar-refractivity contribution in [3.63, 3.8) is 0 Å². The van der Waals surface area contributed by atoms with E-state index < -0.39 is 0 Å². The summed E-state index contributed by atoms with van der Waals surface area (Å²) in [5, 5.41) is 3.32. The molecule has 0 saturated carbocycles. The molecule has 70 valence electrons. The molecule has 0 aromatic carbocycles. The van der Waals surface area contributed by atoms with E-state index in [-0.39, 0.29) is 5.79 Å². The summed E-state index contributed by atoms with van der Waals surface area (Å²) in [6.07, 6.45) is 4.50. The van der Waals surface area contributed by atoms with Crippen LogP contribution >= 0.6 is 0 Å². The molecule has 0 bridgehead atoms. The third-order valence-corrected chi connectivity index (χ3v) is 2.57. The molecule has 1 N–H and O–H groups in total. The summed E-state index contributed by atoms with van der Waals surface area (Å²) in [6.45, 7) is 3.70. The molecule has 2 aliphatic rings. The quantitative estimate of drug-likeness (QED) is 0.587. The van der Waals surface area contributed by atoms with Crippen LogP contribution in [0.25, 0.3) is 0 Å². The topological polar surface area (TPSA) is 30.5 Å². The zero-order valence-electron chi connectivity index (χ0n) is 7.47. The molecule has 2 rings (SSSR count). The summed E-state index contributed by atoms with van der Waals surface area (Å²) in [6, 6.07) is 0. The second kappa shape index (κ2) is 3.73. The number of rotatable bonds is 0. The van der Waals surface area contributed by atoms with Gasteiger partial charge in [-0.1, -0.05) is 0 Å². The molecule has 3 heteroatoms. The summed E-state index contributed by atoms with van der Waals surface area (Å²) in [5.41, 5.74) is 0. The second-order valence-electron chi connectivity index (χ2n) is 3.60. The molecule has 12 heavy (non-hydrogen) atoms. The molecule has 3 nitrogen and oxygen atoms in total. The highest BCUT2D eigenvalue weighted by molar-refractivity contribution is 4.79. The Bertz CT molecular complexity index is 133. The summed E-state index contributed by atoms with van der Waals surface area (Å²) >= 11 is 0. The molecule has 2 aliphatic heterocycles. The Morgan fingerprint density at radius 3 is 2.33 bits per heavy atom. The van der Waals surface area contributed by atoms with Crippen molar-refractivity contribution in [2.45, 2.75) is 31.5 Å². The molecular formula is C9H17NO2. The minimum absolute atomic E-state index is 0.269. The molecule has 1 spiro atoms. The fourth-order valence-electron chi connectivity index (χ4n) is 1.86. The van der Waals surface area contributed by atoms with Crippen molar-refractivity contribution < 1.29 is 9.47 Å². The second-order valence-corrected chi connectivity index (χ2v) is 3.60. The third kappa shape index (κ3) is 1.79. The van der Waals surface area contributed by atoms with E-state index in [1.807, 2.05) is 0 Å². The Balaban J connectivity index is 1.95. The first kappa shape index (κ1) is 8.48. The zero-order valence-corrected chi connectivity index (χ0v) is 7.47. The Morgan fingerprint density at radius 2 is 1.75 bits per heavy atom. The number of ether oxygens (including phenoxy) is 2. The van der Waals surface area contributed by atoms with E-state index in [9.17, 15) is 0 Å². The maximum absolute atomic E-state index is 5.75. The monoisotopic (exact) mass is 171 g/mol. The average molecular weight is 171 g/mol. The van der Waals surface area contributed by atoms with Crippen LogP contribution in [0.15, 0.2) is 0 Å². The van der Waals surface area contributed by atoms with E-state index in [1.165, 1.54) is 6.42 Å². The van der Waals surface area contributed by atoms with Gasteiger partial charge in [-0.25, -0.2) is 0 Å². The van der Waals surface area contributed by atoms with Crippen LogP contribution in [0, 0.1) is 0 Å². The number of nitrogens with one attached hydrogen (secondary N) is 1. The molecule has 0 aromatic rings. The molecular weight excluding hydrogens is 154 g/mol. The maximum atomic E-state index is 5.75. The van der Waals surface area contributed by atoms with Crippen LogP contribution in [0.5, 0.6) is 0 Å². The molecule has 2 fully saturated rings. The Kier molecular flexibility index (Phi) is 2.63. The van der Waals surface area contributed by atoms with Crippen molar-refractivity contribution in [3.05, 3.63) is 0 Å². The minimum Gasteiger partial charge on any atom is -0.349 e. The lowest BCUT2D eigenvalue weighted by molar-refractivity contribution is -0.232. The van der Waals surface area contributed by atoms with Gasteiger partial charge in [0.1, 0.15) is 0 Å². The summed E-state index contributed by atoms with van der Waals surface area (Å²) in [5.74, 6) is -0.269. The largest absolute Gasteiger partial charge is 0.349 e. The van der Waals surface area contributed by atoms with Gasteiger partial charge in [-0.2, -0.15) is 0 Å². The fraction of sp³-hybridized carbons (Fsp3) is 1.00. The molecule has 0 aromatic heterocycles. The van der Waals surface area contributed by atoms with E-state index in [4.69, 9.17) is 9.47 Å². The van der Waals surface area contributed by atoms with Crippen molar-refractivity contribution in [2.24, 2.45) is 0 Å². The number of hydrogen-bond acceptors (Lipinski definition) is 3. The van der Waals surface area contributed by atoms with Crippen molar-refractivity contribution in [1.82, 2.24) is 5.32 Å². The van der Waals surface area contributed by atoms with Crippen molar-refractivity contribution in [2.75, 3.05) is 26.3 Å². The Morgan fingerprint density at radius 1 is 1.00 bits per heavy atom. The Labute approximate surface area is 73.4 Å². The predicted octanol–water partition coefficient (Wildman–Crippen LogP) is 0.893. The lowest BCUT2D eigenvalue weighted by Crippen LogP contribution is -2.49. The van der Waals surface area contributed by atoms with Gasteiger partial charge in [-0.05, 0) is 25.8 Å². The van der Waals surface area contributed by atoms with Crippen molar-refractivity contribution in [1.29, 1.82) is 0 Å². The first-order chi connectivity index (χ1) is 5.91. The SMILES string of the molecule is C1CCOC2(CCCNC2)OC1. The van der Waals surface area contributed by atoms with Gasteiger partial charge in [0.15, 0.2) is 5.79 Å². The van der Waals surface area contributed by atoms with Crippen LogP contribution in [0.3, 0.4) is 0 Å². The lowest BCUT2D eigenvalue weighted by Gasteiger charge is -2.35. The van der Waals surface area contributed by atoms with Gasteiger partial charge in [0.25, 0.3) is 0 Å². The lowest BCUT2D eigenvalue weighted by atomic mass is 10.1. The zero-order chi connectivity index (χ0) is 8.28. The van der Waals surface area contributed by atoms with Crippen molar-refractivity contribution >= 4 is 0 Å². The molecule has 0 radical (unpaired) electrons. The van der Waals surface area contributed by atoms with Crippen LogP contribution in [0.4, 0.5) is 0 Å². The van der Waals surface area contributed by atoms with E-state index in [0.29, 0.717) is 0 Å². The summed E-state index contributed by atoms with van der Waals surface area (Å²) in [4.78, 5) is 0. The van der Waals surface area contributed by atoms with Crippen LogP contribution in [0.2, 0.25) is 0 Å². The average Bonchev–Trinajstić information content (AvgIpc) is 2.33. The highest BCUT2D eigenvalue weighted by atomic mass is 16.7. The molecule has 0 unspecified atom stereocenters. The van der Waals surface area contributed by atoms with Crippen molar-refractivity contribution in [3.8, 4) is 0 Å². The molecule has 2 saturated heterocycles. The van der Waals surface area contributed by atoms with Gasteiger partial charge in [-0.3, -0.25) is 0 Å². The first-order valence-corrected chi connectivity index (χ1v) is 4.90. The molecule has 0 amide bonds. The highest BCUT2D eigenvalue weighted by Crippen LogP contribution is 2.25. The molecule has 0 aliphatic carbocycles. The number of hydrogen-bond donors (Lipinski definition) is 1. The standard InChI is InChI=1S/C9H17NO2/c1-2-7-12-9(11-6-1)4-3-5-10-8-9/h10H,1-8H2. The first-order valence-electron chi connectivity index (χ1n) is 4.90. The van der Waals surface area contributed by atoms with Crippen LogP contribution < -0.4 is 5.32 Å². The van der Waals surface area contributed by atoms with Gasteiger partial charge in [-0.15, -0.1) is 0 Å². The third-order valence-electron chi connectivity index (χ3n) is 2.57. The van der Waals surface area contributed by atoms with E-state index in [1.54, 1.807) is 0 Å². The van der Waals surface area contributed by atoms with Gasteiger partial charge in [0.2, 0.25) is 0 Å². The number of piperidine rings is 1. The van der Waals surface area contributed by atoms with Crippen LogP contribution in [-0.2, 0) is 9.47 Å². The van der Waals surface area contributed by atoms with Crippen LogP contribution in [0.1, 0.15) is 25.7 Å². The van der Waals surface area contributed by atoms with Gasteiger partial charge < -0.3 is 14.8 Å². The van der Waals surface area contributed by atoms with E-state index in [0.717, 1.165) is 45.6 Å². The van der Waals surface area contributed by atoms with Crippen LogP contribution in [-0.4, -0.2) is 32.1 Å². The smallest absolute Gasteiger partial charge is 0.180 e. The normalized spacial score (nSPS) is 30.0. The predicted molar refractivity (Wildman–Crippen MR) is 46.0 cm³/mol. The fourth-order valence-corrected chi connectivity index (χ4v) is 1.86.